The molecule has 0 saturated carbocycles. The van der Waals surface area contributed by atoms with E-state index in [-0.39, 0.29) is 23.1 Å². The van der Waals surface area contributed by atoms with Crippen molar-refractivity contribution in [3.63, 3.8) is 0 Å². The molecular weight excluding hydrogens is 296 g/mol. The van der Waals surface area contributed by atoms with Gasteiger partial charge in [0.25, 0.3) is 0 Å². The number of nitrogen functional groups attached to an aromatic ring is 1. The molecule has 1 fully saturated rings. The second kappa shape index (κ2) is 6.00. The molecule has 2 rings (SSSR count). The summed E-state index contributed by atoms with van der Waals surface area (Å²) in [6.45, 7) is 0.621. The lowest BCUT2D eigenvalue weighted by atomic mass is 10.2. The van der Waals surface area contributed by atoms with E-state index in [1.165, 1.54) is 29.6 Å². The standard InChI is InChI=1S/C13H18N2O5S/c1-19-10-5-6-15(8-10)21(17,18)12-4-3-9(14)7-11(12)13(16)20-2/h3-4,7,10H,5-6,8,14H2,1-2H3. The van der Waals surface area contributed by atoms with Crippen LogP contribution in [0.3, 0.4) is 0 Å². The lowest BCUT2D eigenvalue weighted by molar-refractivity contribution is 0.0596. The fourth-order valence-corrected chi connectivity index (χ4v) is 3.94. The highest BCUT2D eigenvalue weighted by atomic mass is 32.2. The summed E-state index contributed by atoms with van der Waals surface area (Å²) in [6.07, 6.45) is 0.494. The van der Waals surface area contributed by atoms with Gasteiger partial charge in [-0.05, 0) is 24.6 Å². The second-order valence-corrected chi connectivity index (χ2v) is 6.66. The highest BCUT2D eigenvalue weighted by molar-refractivity contribution is 7.89. The van der Waals surface area contributed by atoms with Crippen molar-refractivity contribution in [3.8, 4) is 0 Å². The number of benzene rings is 1. The van der Waals surface area contributed by atoms with E-state index in [1.54, 1.807) is 7.11 Å². The molecule has 7 nitrogen and oxygen atoms in total. The summed E-state index contributed by atoms with van der Waals surface area (Å²) in [5.41, 5.74) is 5.86. The molecule has 1 atom stereocenters. The predicted molar refractivity (Wildman–Crippen MR) is 76.4 cm³/mol. The number of methoxy groups -OCH3 is 2. The normalized spacial score (nSPS) is 19.6. The van der Waals surface area contributed by atoms with Crippen LogP contribution in [0.2, 0.25) is 0 Å². The summed E-state index contributed by atoms with van der Waals surface area (Å²) in [5, 5.41) is 0. The number of hydrogen-bond acceptors (Lipinski definition) is 6. The number of anilines is 1. The molecule has 1 aliphatic heterocycles. The van der Waals surface area contributed by atoms with Crippen molar-refractivity contribution in [2.45, 2.75) is 17.4 Å². The number of hydrogen-bond donors (Lipinski definition) is 1. The molecule has 1 heterocycles. The molecule has 21 heavy (non-hydrogen) atoms. The Balaban J connectivity index is 2.43. The molecule has 1 aromatic rings. The minimum absolute atomic E-state index is 0.0571. The van der Waals surface area contributed by atoms with Crippen LogP contribution in [0.4, 0.5) is 5.69 Å². The van der Waals surface area contributed by atoms with E-state index in [0.717, 1.165) is 0 Å². The molecule has 1 saturated heterocycles. The van der Waals surface area contributed by atoms with Gasteiger partial charge < -0.3 is 15.2 Å². The molecule has 0 radical (unpaired) electrons. The molecule has 116 valence electrons. The lowest BCUT2D eigenvalue weighted by Crippen LogP contribution is -2.31. The molecular formula is C13H18N2O5S. The van der Waals surface area contributed by atoms with Gasteiger partial charge in [-0.3, -0.25) is 0 Å². The third kappa shape index (κ3) is 3.02. The van der Waals surface area contributed by atoms with Crippen molar-refractivity contribution in [2.24, 2.45) is 0 Å². The molecule has 1 aromatic carbocycles. The van der Waals surface area contributed by atoms with Crippen molar-refractivity contribution in [2.75, 3.05) is 33.0 Å². The lowest BCUT2D eigenvalue weighted by Gasteiger charge is -2.18. The van der Waals surface area contributed by atoms with Gasteiger partial charge in [-0.1, -0.05) is 0 Å². The van der Waals surface area contributed by atoms with E-state index in [0.29, 0.717) is 18.7 Å². The van der Waals surface area contributed by atoms with Gasteiger partial charge in [0.2, 0.25) is 10.0 Å². The summed E-state index contributed by atoms with van der Waals surface area (Å²) in [6, 6.07) is 4.09. The quantitative estimate of drug-likeness (QED) is 0.640. The van der Waals surface area contributed by atoms with Crippen LogP contribution in [0.1, 0.15) is 16.8 Å². The summed E-state index contributed by atoms with van der Waals surface area (Å²) in [5.74, 6) is -0.733. The minimum atomic E-state index is -3.79. The van der Waals surface area contributed by atoms with Gasteiger partial charge in [0, 0.05) is 25.9 Å². The van der Waals surface area contributed by atoms with Crippen LogP contribution in [0, 0.1) is 0 Å². The summed E-state index contributed by atoms with van der Waals surface area (Å²) in [7, 11) is -1.05. The average Bonchev–Trinajstić information content (AvgIpc) is 2.95. The van der Waals surface area contributed by atoms with E-state index in [1.807, 2.05) is 0 Å². The van der Waals surface area contributed by atoms with E-state index in [4.69, 9.17) is 10.5 Å². The van der Waals surface area contributed by atoms with Gasteiger partial charge in [0.05, 0.1) is 23.7 Å². The first kappa shape index (κ1) is 15.7. The smallest absolute Gasteiger partial charge is 0.339 e. The average molecular weight is 314 g/mol. The van der Waals surface area contributed by atoms with Crippen LogP contribution >= 0.6 is 0 Å². The fourth-order valence-electron chi connectivity index (χ4n) is 2.29. The Morgan fingerprint density at radius 2 is 2.10 bits per heavy atom. The summed E-state index contributed by atoms with van der Waals surface area (Å²) >= 11 is 0. The first-order valence-electron chi connectivity index (χ1n) is 6.41. The third-order valence-electron chi connectivity index (χ3n) is 3.47. The maximum absolute atomic E-state index is 12.7. The van der Waals surface area contributed by atoms with Crippen LogP contribution in [-0.4, -0.2) is 52.1 Å². The van der Waals surface area contributed by atoms with Crippen LogP contribution in [0.5, 0.6) is 0 Å². The van der Waals surface area contributed by atoms with Gasteiger partial charge in [-0.15, -0.1) is 0 Å². The molecule has 2 N–H and O–H groups in total. The Labute approximate surface area is 123 Å². The zero-order valence-electron chi connectivity index (χ0n) is 11.9. The van der Waals surface area contributed by atoms with Crippen LogP contribution < -0.4 is 5.73 Å². The maximum atomic E-state index is 12.7. The van der Waals surface area contributed by atoms with Gasteiger partial charge in [-0.25, -0.2) is 13.2 Å². The van der Waals surface area contributed by atoms with Crippen molar-refractivity contribution >= 4 is 21.7 Å². The highest BCUT2D eigenvalue weighted by Gasteiger charge is 2.35. The molecule has 0 aromatic heterocycles. The van der Waals surface area contributed by atoms with E-state index < -0.39 is 16.0 Å². The first-order valence-corrected chi connectivity index (χ1v) is 7.85. The summed E-state index contributed by atoms with van der Waals surface area (Å²) in [4.78, 5) is 11.7. The van der Waals surface area contributed by atoms with Gasteiger partial charge in [0.1, 0.15) is 0 Å². The molecule has 8 heteroatoms. The highest BCUT2D eigenvalue weighted by Crippen LogP contribution is 2.26. The van der Waals surface area contributed by atoms with E-state index >= 15 is 0 Å². The van der Waals surface area contributed by atoms with Gasteiger partial charge >= 0.3 is 5.97 Å². The number of nitrogens with zero attached hydrogens (tertiary/aromatic N) is 1. The molecule has 0 spiro atoms. The van der Waals surface area contributed by atoms with Gasteiger partial charge in [0.15, 0.2) is 0 Å². The Bertz CT molecular complexity index is 644. The van der Waals surface area contributed by atoms with E-state index in [2.05, 4.69) is 4.74 Å². The Morgan fingerprint density at radius 3 is 2.67 bits per heavy atom. The Kier molecular flexibility index (Phi) is 4.50. The Morgan fingerprint density at radius 1 is 1.38 bits per heavy atom. The first-order chi connectivity index (χ1) is 9.90. The second-order valence-electron chi connectivity index (χ2n) is 4.76. The van der Waals surface area contributed by atoms with Gasteiger partial charge in [-0.2, -0.15) is 4.31 Å². The topological polar surface area (TPSA) is 98.9 Å². The molecule has 1 unspecified atom stereocenters. The monoisotopic (exact) mass is 314 g/mol. The maximum Gasteiger partial charge on any atom is 0.339 e. The van der Waals surface area contributed by atoms with Crippen molar-refractivity contribution in [1.29, 1.82) is 0 Å². The fraction of sp³-hybridized carbons (Fsp3) is 0.462. The number of nitrogens with two attached hydrogens (primary N) is 1. The number of rotatable bonds is 4. The van der Waals surface area contributed by atoms with Crippen molar-refractivity contribution in [3.05, 3.63) is 23.8 Å². The number of carbonyl (C=O) groups excluding carboxylic acids is 1. The third-order valence-corrected chi connectivity index (χ3v) is 5.39. The van der Waals surface area contributed by atoms with Crippen molar-refractivity contribution in [1.82, 2.24) is 4.31 Å². The largest absolute Gasteiger partial charge is 0.465 e. The van der Waals surface area contributed by atoms with Crippen LogP contribution in [0.25, 0.3) is 0 Å². The predicted octanol–water partition coefficient (Wildman–Crippen LogP) is 0.465. The molecule has 0 amide bonds. The summed E-state index contributed by atoms with van der Waals surface area (Å²) < 4.78 is 36.4. The Hall–Kier alpha value is -1.64. The zero-order valence-corrected chi connectivity index (χ0v) is 12.7. The van der Waals surface area contributed by atoms with Crippen LogP contribution in [-0.2, 0) is 19.5 Å². The molecule has 1 aliphatic rings. The number of sulfonamides is 1. The molecule has 0 bridgehead atoms. The minimum Gasteiger partial charge on any atom is -0.465 e. The number of ether oxygens (including phenoxy) is 2. The number of carbonyl (C=O) groups is 1. The SMILES string of the molecule is COC(=O)c1cc(N)ccc1S(=O)(=O)N1CCC(OC)C1. The molecule has 0 aliphatic carbocycles. The zero-order chi connectivity index (χ0) is 15.6. The van der Waals surface area contributed by atoms with E-state index in [9.17, 15) is 13.2 Å². The van der Waals surface area contributed by atoms with Crippen molar-refractivity contribution < 1.29 is 22.7 Å². The van der Waals surface area contributed by atoms with Crippen LogP contribution in [0.15, 0.2) is 23.1 Å². The number of esters is 1.